The molecular formula is C21H32N2O4. The number of ether oxygens (including phenoxy) is 1. The van der Waals surface area contributed by atoms with E-state index in [2.05, 4.69) is 5.32 Å². The lowest BCUT2D eigenvalue weighted by Crippen LogP contribution is -2.53. The number of nitrogens with zero attached hydrogens (tertiary/aromatic N) is 1. The quantitative estimate of drug-likeness (QED) is 0.724. The minimum absolute atomic E-state index is 0.154. The maximum absolute atomic E-state index is 13.3. The second-order valence-corrected chi connectivity index (χ2v) is 7.72. The summed E-state index contributed by atoms with van der Waals surface area (Å²) >= 11 is 0. The molecule has 6 nitrogen and oxygen atoms in total. The summed E-state index contributed by atoms with van der Waals surface area (Å²) in [5, 5.41) is 12.9. The van der Waals surface area contributed by atoms with Gasteiger partial charge in [0.05, 0.1) is 7.11 Å². The average molecular weight is 376 g/mol. The van der Waals surface area contributed by atoms with Crippen molar-refractivity contribution in [3.8, 4) is 5.75 Å². The fourth-order valence-corrected chi connectivity index (χ4v) is 3.97. The third-order valence-corrected chi connectivity index (χ3v) is 5.45. The van der Waals surface area contributed by atoms with Crippen LogP contribution in [0.4, 0.5) is 5.69 Å². The number of anilines is 1. The highest BCUT2D eigenvalue weighted by Gasteiger charge is 2.37. The molecule has 0 spiro atoms. The Hall–Kier alpha value is -2.24. The first-order valence-corrected chi connectivity index (χ1v) is 9.75. The smallest absolute Gasteiger partial charge is 0.326 e. The van der Waals surface area contributed by atoms with E-state index in [0.29, 0.717) is 0 Å². The number of benzene rings is 1. The van der Waals surface area contributed by atoms with Crippen molar-refractivity contribution in [3.05, 3.63) is 24.3 Å². The van der Waals surface area contributed by atoms with Gasteiger partial charge in [-0.1, -0.05) is 33.1 Å². The number of carbonyl (C=O) groups is 2. The maximum atomic E-state index is 13.3. The Kier molecular flexibility index (Phi) is 7.51. The van der Waals surface area contributed by atoms with Gasteiger partial charge < -0.3 is 20.1 Å². The zero-order chi connectivity index (χ0) is 20.0. The standard InChI is InChI=1S/C21H32N2O4/c1-14(2)19(21(25)26)23(3)20(24)18(15-8-6-5-7-9-15)22-16-10-12-17(27-4)13-11-16/h10-15,18-19,22H,5-9H2,1-4H3,(H,25,26)/t18?,19-/m0/s1. The molecule has 1 fully saturated rings. The van der Waals surface area contributed by atoms with E-state index in [4.69, 9.17) is 4.74 Å². The van der Waals surface area contributed by atoms with E-state index in [1.165, 1.54) is 11.3 Å². The molecule has 0 aromatic heterocycles. The second-order valence-electron chi connectivity index (χ2n) is 7.72. The normalized spacial score (nSPS) is 17.2. The number of carbonyl (C=O) groups excluding carboxylic acids is 1. The van der Waals surface area contributed by atoms with Crippen molar-refractivity contribution in [1.29, 1.82) is 0 Å². The van der Waals surface area contributed by atoms with Crippen LogP contribution in [0.3, 0.4) is 0 Å². The summed E-state index contributed by atoms with van der Waals surface area (Å²) in [6.45, 7) is 3.66. The number of carboxylic acids is 1. The highest BCUT2D eigenvalue weighted by atomic mass is 16.5. The molecule has 1 saturated carbocycles. The first kappa shape index (κ1) is 21.1. The van der Waals surface area contributed by atoms with Crippen molar-refractivity contribution in [2.75, 3.05) is 19.5 Å². The summed E-state index contributed by atoms with van der Waals surface area (Å²) in [6, 6.07) is 6.22. The van der Waals surface area contributed by atoms with Gasteiger partial charge in [0.25, 0.3) is 0 Å². The summed E-state index contributed by atoms with van der Waals surface area (Å²) in [4.78, 5) is 26.4. The molecule has 1 aromatic carbocycles. The SMILES string of the molecule is COc1ccc(NC(C(=O)N(C)[C@H](C(=O)O)C(C)C)C2CCCCC2)cc1. The Morgan fingerprint density at radius 2 is 1.74 bits per heavy atom. The van der Waals surface area contributed by atoms with Gasteiger partial charge in [0.1, 0.15) is 17.8 Å². The molecule has 1 aliphatic rings. The molecule has 0 heterocycles. The van der Waals surface area contributed by atoms with Gasteiger partial charge in [0.15, 0.2) is 0 Å². The zero-order valence-corrected chi connectivity index (χ0v) is 16.8. The van der Waals surface area contributed by atoms with Crippen LogP contribution in [0.2, 0.25) is 0 Å². The van der Waals surface area contributed by atoms with Gasteiger partial charge in [0, 0.05) is 12.7 Å². The predicted octanol–water partition coefficient (Wildman–Crippen LogP) is 3.62. The molecule has 1 aromatic rings. The maximum Gasteiger partial charge on any atom is 0.326 e. The predicted molar refractivity (Wildman–Crippen MR) is 106 cm³/mol. The number of likely N-dealkylation sites (N-methyl/N-ethyl adjacent to an activating group) is 1. The van der Waals surface area contributed by atoms with Crippen LogP contribution in [0.1, 0.15) is 46.0 Å². The van der Waals surface area contributed by atoms with Gasteiger partial charge in [-0.15, -0.1) is 0 Å². The first-order valence-electron chi connectivity index (χ1n) is 9.75. The summed E-state index contributed by atoms with van der Waals surface area (Å²) in [7, 11) is 3.22. The summed E-state index contributed by atoms with van der Waals surface area (Å²) in [5.41, 5.74) is 0.838. The molecule has 0 bridgehead atoms. The van der Waals surface area contributed by atoms with Gasteiger partial charge >= 0.3 is 5.97 Å². The molecule has 2 N–H and O–H groups in total. The van der Waals surface area contributed by atoms with E-state index < -0.39 is 18.1 Å². The topological polar surface area (TPSA) is 78.9 Å². The third kappa shape index (κ3) is 5.37. The molecular weight excluding hydrogens is 344 g/mol. The Morgan fingerprint density at radius 1 is 1.15 bits per heavy atom. The van der Waals surface area contributed by atoms with E-state index >= 15 is 0 Å². The fraction of sp³-hybridized carbons (Fsp3) is 0.619. The van der Waals surface area contributed by atoms with Gasteiger partial charge in [-0.2, -0.15) is 0 Å². The molecule has 1 aliphatic carbocycles. The summed E-state index contributed by atoms with van der Waals surface area (Å²) in [6.07, 6.45) is 5.36. The van der Waals surface area contributed by atoms with Crippen LogP contribution >= 0.6 is 0 Å². The lowest BCUT2D eigenvalue weighted by atomic mass is 9.83. The van der Waals surface area contributed by atoms with E-state index in [0.717, 1.165) is 37.1 Å². The number of aliphatic carboxylic acids is 1. The largest absolute Gasteiger partial charge is 0.497 e. The van der Waals surface area contributed by atoms with Crippen molar-refractivity contribution in [2.45, 2.75) is 58.0 Å². The van der Waals surface area contributed by atoms with E-state index in [1.807, 2.05) is 38.1 Å². The molecule has 150 valence electrons. The van der Waals surface area contributed by atoms with Crippen LogP contribution in [-0.4, -0.2) is 48.1 Å². The Balaban J connectivity index is 2.24. The van der Waals surface area contributed by atoms with Crippen LogP contribution in [-0.2, 0) is 9.59 Å². The molecule has 0 aliphatic heterocycles. The molecule has 0 saturated heterocycles. The van der Waals surface area contributed by atoms with Crippen molar-refractivity contribution in [3.63, 3.8) is 0 Å². The molecule has 1 unspecified atom stereocenters. The molecule has 2 rings (SSSR count). The highest BCUT2D eigenvalue weighted by Crippen LogP contribution is 2.30. The molecule has 0 radical (unpaired) electrons. The van der Waals surface area contributed by atoms with Crippen LogP contribution < -0.4 is 10.1 Å². The van der Waals surface area contributed by atoms with Crippen LogP contribution in [0.5, 0.6) is 5.75 Å². The zero-order valence-electron chi connectivity index (χ0n) is 16.8. The molecule has 6 heteroatoms. The number of methoxy groups -OCH3 is 1. The second kappa shape index (κ2) is 9.62. The van der Waals surface area contributed by atoms with Crippen LogP contribution in [0.15, 0.2) is 24.3 Å². The van der Waals surface area contributed by atoms with Gasteiger partial charge in [-0.05, 0) is 48.9 Å². The molecule has 27 heavy (non-hydrogen) atoms. The summed E-state index contributed by atoms with van der Waals surface area (Å²) < 4.78 is 5.19. The van der Waals surface area contributed by atoms with E-state index in [9.17, 15) is 14.7 Å². The number of hydrogen-bond donors (Lipinski definition) is 2. The van der Waals surface area contributed by atoms with Crippen molar-refractivity contribution >= 4 is 17.6 Å². The number of amides is 1. The number of hydrogen-bond acceptors (Lipinski definition) is 4. The average Bonchev–Trinajstić information content (AvgIpc) is 2.66. The van der Waals surface area contributed by atoms with Crippen molar-refractivity contribution < 1.29 is 19.4 Å². The summed E-state index contributed by atoms with van der Waals surface area (Å²) in [5.74, 6) is -0.322. The van der Waals surface area contributed by atoms with E-state index in [1.54, 1.807) is 14.2 Å². The first-order chi connectivity index (χ1) is 12.8. The molecule has 1 amide bonds. The Morgan fingerprint density at radius 3 is 2.22 bits per heavy atom. The lowest BCUT2D eigenvalue weighted by Gasteiger charge is -2.36. The lowest BCUT2D eigenvalue weighted by molar-refractivity contribution is -0.151. The van der Waals surface area contributed by atoms with E-state index in [-0.39, 0.29) is 17.7 Å². The minimum atomic E-state index is -0.965. The van der Waals surface area contributed by atoms with Crippen molar-refractivity contribution in [1.82, 2.24) is 4.90 Å². The minimum Gasteiger partial charge on any atom is -0.497 e. The van der Waals surface area contributed by atoms with Crippen molar-refractivity contribution in [2.24, 2.45) is 11.8 Å². The van der Waals surface area contributed by atoms with Crippen LogP contribution in [0, 0.1) is 11.8 Å². The Bertz CT molecular complexity index is 624. The molecule has 2 atom stereocenters. The highest BCUT2D eigenvalue weighted by molar-refractivity contribution is 5.89. The monoisotopic (exact) mass is 376 g/mol. The Labute approximate surface area is 161 Å². The van der Waals surface area contributed by atoms with Gasteiger partial charge in [-0.25, -0.2) is 4.79 Å². The number of rotatable bonds is 8. The number of nitrogens with one attached hydrogen (secondary N) is 1. The number of carboxylic acid groups (broad SMARTS) is 1. The fourth-order valence-electron chi connectivity index (χ4n) is 3.97. The van der Waals surface area contributed by atoms with Gasteiger partial charge in [-0.3, -0.25) is 4.79 Å². The third-order valence-electron chi connectivity index (χ3n) is 5.45. The van der Waals surface area contributed by atoms with Gasteiger partial charge in [0.2, 0.25) is 5.91 Å². The van der Waals surface area contributed by atoms with Crippen LogP contribution in [0.25, 0.3) is 0 Å².